The van der Waals surface area contributed by atoms with Gasteiger partial charge in [0.15, 0.2) is 0 Å². The Morgan fingerprint density at radius 3 is 2.77 bits per heavy atom. The van der Waals surface area contributed by atoms with Crippen molar-refractivity contribution in [2.75, 3.05) is 13.2 Å². The Hall–Kier alpha value is -2.04. The van der Waals surface area contributed by atoms with Gasteiger partial charge in [0.1, 0.15) is 11.8 Å². The molecule has 1 aromatic rings. The normalized spacial score (nSPS) is 17.5. The third-order valence-corrected chi connectivity index (χ3v) is 4.18. The Labute approximate surface area is 131 Å². The Bertz CT molecular complexity index is 557. The smallest absolute Gasteiger partial charge is 0.240 e. The molecular formula is C17H24N2O3. The van der Waals surface area contributed by atoms with E-state index in [9.17, 15) is 9.59 Å². The van der Waals surface area contributed by atoms with Gasteiger partial charge < -0.3 is 15.4 Å². The predicted molar refractivity (Wildman–Crippen MR) is 84.6 cm³/mol. The van der Waals surface area contributed by atoms with E-state index >= 15 is 0 Å². The molecule has 0 aliphatic carbocycles. The molecule has 0 bridgehead atoms. The van der Waals surface area contributed by atoms with Crippen molar-refractivity contribution >= 4 is 11.8 Å². The fourth-order valence-electron chi connectivity index (χ4n) is 2.72. The number of nitrogens with two attached hydrogens (primary N) is 1. The highest BCUT2D eigenvalue weighted by Gasteiger charge is 2.31. The minimum Gasteiger partial charge on any atom is -0.494 e. The number of hydrogen-bond donors (Lipinski definition) is 1. The number of aryl methyl sites for hydroxylation is 2. The maximum atomic E-state index is 12.1. The summed E-state index contributed by atoms with van der Waals surface area (Å²) in [6, 6.07) is 5.54. The topological polar surface area (TPSA) is 72.6 Å². The zero-order chi connectivity index (χ0) is 16.1. The van der Waals surface area contributed by atoms with Crippen LogP contribution in [0.4, 0.5) is 0 Å². The highest BCUT2D eigenvalue weighted by molar-refractivity contribution is 5.87. The number of carbonyl (C=O) groups is 2. The standard InChI is InChI=1S/C17H24N2O3/c1-12-7-8-14(11-13(12)2)22-10-4-6-16(20)19-9-3-5-15(19)17(18)21/h7-8,11,15H,3-6,9-10H2,1-2H3,(H2,18,21)/t15-/m0/s1. The van der Waals surface area contributed by atoms with E-state index in [2.05, 4.69) is 6.92 Å². The van der Waals surface area contributed by atoms with Crippen molar-refractivity contribution in [3.05, 3.63) is 29.3 Å². The third-order valence-electron chi connectivity index (χ3n) is 4.18. The number of carbonyl (C=O) groups excluding carboxylic acids is 2. The molecule has 0 unspecified atom stereocenters. The molecule has 0 aromatic heterocycles. The molecule has 0 saturated carbocycles. The first-order valence-corrected chi connectivity index (χ1v) is 7.78. The highest BCUT2D eigenvalue weighted by Crippen LogP contribution is 2.19. The molecular weight excluding hydrogens is 280 g/mol. The number of rotatable bonds is 6. The molecule has 5 heteroatoms. The number of benzene rings is 1. The summed E-state index contributed by atoms with van der Waals surface area (Å²) in [6.07, 6.45) is 2.54. The van der Waals surface area contributed by atoms with Crippen molar-refractivity contribution < 1.29 is 14.3 Å². The molecule has 2 N–H and O–H groups in total. The van der Waals surface area contributed by atoms with E-state index in [4.69, 9.17) is 10.5 Å². The lowest BCUT2D eigenvalue weighted by Crippen LogP contribution is -2.43. The van der Waals surface area contributed by atoms with Crippen molar-refractivity contribution in [3.8, 4) is 5.75 Å². The molecule has 1 saturated heterocycles. The number of hydrogen-bond acceptors (Lipinski definition) is 3. The van der Waals surface area contributed by atoms with Crippen LogP contribution in [0.5, 0.6) is 5.75 Å². The highest BCUT2D eigenvalue weighted by atomic mass is 16.5. The van der Waals surface area contributed by atoms with Gasteiger partial charge in [0.05, 0.1) is 6.61 Å². The van der Waals surface area contributed by atoms with Crippen molar-refractivity contribution in [2.24, 2.45) is 5.73 Å². The first kappa shape index (κ1) is 16.3. The predicted octanol–water partition coefficient (Wildman–Crippen LogP) is 1.94. The van der Waals surface area contributed by atoms with Crippen LogP contribution in [0.15, 0.2) is 18.2 Å². The Balaban J connectivity index is 1.75. The largest absolute Gasteiger partial charge is 0.494 e. The molecule has 2 rings (SSSR count). The molecule has 1 heterocycles. The van der Waals surface area contributed by atoms with Gasteiger partial charge in [-0.3, -0.25) is 9.59 Å². The van der Waals surface area contributed by atoms with Crippen LogP contribution < -0.4 is 10.5 Å². The molecule has 22 heavy (non-hydrogen) atoms. The van der Waals surface area contributed by atoms with Crippen LogP contribution in [-0.2, 0) is 9.59 Å². The molecule has 120 valence electrons. The molecule has 1 atom stereocenters. The first-order valence-electron chi connectivity index (χ1n) is 7.78. The quantitative estimate of drug-likeness (QED) is 0.816. The SMILES string of the molecule is Cc1ccc(OCCCC(=O)N2CCC[C@H]2C(N)=O)cc1C. The molecule has 1 aromatic carbocycles. The van der Waals surface area contributed by atoms with E-state index in [1.807, 2.05) is 25.1 Å². The van der Waals surface area contributed by atoms with Crippen LogP contribution in [0, 0.1) is 13.8 Å². The lowest BCUT2D eigenvalue weighted by Gasteiger charge is -2.22. The fourth-order valence-corrected chi connectivity index (χ4v) is 2.72. The van der Waals surface area contributed by atoms with Crippen molar-refractivity contribution in [2.45, 2.75) is 45.6 Å². The number of nitrogens with zero attached hydrogens (tertiary/aromatic N) is 1. The van der Waals surface area contributed by atoms with Crippen molar-refractivity contribution in [1.82, 2.24) is 4.90 Å². The van der Waals surface area contributed by atoms with Crippen molar-refractivity contribution in [1.29, 1.82) is 0 Å². The number of primary amides is 1. The van der Waals surface area contributed by atoms with Crippen LogP contribution in [0.1, 0.15) is 36.8 Å². The van der Waals surface area contributed by atoms with Gasteiger partial charge in [-0.1, -0.05) is 6.07 Å². The minimum atomic E-state index is -0.423. The Kier molecular flexibility index (Phi) is 5.41. The second-order valence-electron chi connectivity index (χ2n) is 5.85. The summed E-state index contributed by atoms with van der Waals surface area (Å²) in [5.41, 5.74) is 7.75. The summed E-state index contributed by atoms with van der Waals surface area (Å²) in [4.78, 5) is 25.0. The fraction of sp³-hybridized carbons (Fsp3) is 0.529. The van der Waals surface area contributed by atoms with Crippen LogP contribution in [-0.4, -0.2) is 35.9 Å². The average Bonchev–Trinajstić information content (AvgIpc) is 2.97. The van der Waals surface area contributed by atoms with Gasteiger partial charge in [-0.05, 0) is 56.4 Å². The third kappa shape index (κ3) is 4.00. The summed E-state index contributed by atoms with van der Waals surface area (Å²) in [6.45, 7) is 5.22. The maximum Gasteiger partial charge on any atom is 0.240 e. The molecule has 1 aliphatic heterocycles. The van der Waals surface area contributed by atoms with Gasteiger partial charge in [0, 0.05) is 13.0 Å². The van der Waals surface area contributed by atoms with Crippen LogP contribution in [0.3, 0.4) is 0 Å². The summed E-state index contributed by atoms with van der Waals surface area (Å²) >= 11 is 0. The number of ether oxygens (including phenoxy) is 1. The first-order chi connectivity index (χ1) is 10.5. The molecule has 1 aliphatic rings. The molecule has 5 nitrogen and oxygen atoms in total. The van der Waals surface area contributed by atoms with Gasteiger partial charge in [0.2, 0.25) is 11.8 Å². The van der Waals surface area contributed by atoms with E-state index in [0.717, 1.165) is 12.2 Å². The summed E-state index contributed by atoms with van der Waals surface area (Å²) in [5, 5.41) is 0. The summed E-state index contributed by atoms with van der Waals surface area (Å²) < 4.78 is 5.67. The van der Waals surface area contributed by atoms with Gasteiger partial charge in [-0.25, -0.2) is 0 Å². The summed E-state index contributed by atoms with van der Waals surface area (Å²) in [5.74, 6) is 0.411. The van der Waals surface area contributed by atoms with E-state index in [1.54, 1.807) is 4.90 Å². The van der Waals surface area contributed by atoms with Gasteiger partial charge in [0.25, 0.3) is 0 Å². The second kappa shape index (κ2) is 7.29. The minimum absolute atomic E-state index is 0.00927. The zero-order valence-corrected chi connectivity index (χ0v) is 13.3. The number of amides is 2. The van der Waals surface area contributed by atoms with Gasteiger partial charge in [-0.15, -0.1) is 0 Å². The molecule has 0 spiro atoms. The zero-order valence-electron chi connectivity index (χ0n) is 13.3. The van der Waals surface area contributed by atoms with E-state index < -0.39 is 11.9 Å². The number of likely N-dealkylation sites (tertiary alicyclic amines) is 1. The van der Waals surface area contributed by atoms with E-state index in [-0.39, 0.29) is 5.91 Å². The second-order valence-corrected chi connectivity index (χ2v) is 5.85. The van der Waals surface area contributed by atoms with Crippen molar-refractivity contribution in [3.63, 3.8) is 0 Å². The van der Waals surface area contributed by atoms with Crippen LogP contribution in [0.25, 0.3) is 0 Å². The van der Waals surface area contributed by atoms with E-state index in [1.165, 1.54) is 11.1 Å². The van der Waals surface area contributed by atoms with E-state index in [0.29, 0.717) is 32.4 Å². The van der Waals surface area contributed by atoms with Crippen LogP contribution >= 0.6 is 0 Å². The molecule has 1 fully saturated rings. The lowest BCUT2D eigenvalue weighted by atomic mass is 10.1. The molecule has 0 radical (unpaired) electrons. The Morgan fingerprint density at radius 1 is 1.32 bits per heavy atom. The van der Waals surface area contributed by atoms with Crippen LogP contribution in [0.2, 0.25) is 0 Å². The lowest BCUT2D eigenvalue weighted by molar-refractivity contribution is -0.137. The Morgan fingerprint density at radius 2 is 2.09 bits per heavy atom. The average molecular weight is 304 g/mol. The maximum absolute atomic E-state index is 12.1. The monoisotopic (exact) mass is 304 g/mol. The molecule has 2 amide bonds. The van der Waals surface area contributed by atoms with Gasteiger partial charge in [-0.2, -0.15) is 0 Å². The van der Waals surface area contributed by atoms with Gasteiger partial charge >= 0.3 is 0 Å². The summed E-state index contributed by atoms with van der Waals surface area (Å²) in [7, 11) is 0.